The van der Waals surface area contributed by atoms with Crippen LogP contribution in [0.2, 0.25) is 0 Å². The Morgan fingerprint density at radius 3 is 0.971 bits per heavy atom. The summed E-state index contributed by atoms with van der Waals surface area (Å²) in [7, 11) is 0. The number of rotatable bonds is 60. The second kappa shape index (κ2) is 60.2. The molecule has 416 valence electrons. The van der Waals surface area contributed by atoms with Gasteiger partial charge in [0.05, 0.1) is 25.4 Å². The number of unbranched alkanes of at least 4 members (excludes halogenated alkanes) is 49. The molecular weight excluding hydrogens is 863 g/mol. The van der Waals surface area contributed by atoms with Crippen LogP contribution in [-0.2, 0) is 14.3 Å². The number of esters is 1. The molecule has 70 heavy (non-hydrogen) atoms. The van der Waals surface area contributed by atoms with Gasteiger partial charge in [0.2, 0.25) is 5.91 Å². The Labute approximate surface area is 438 Å². The van der Waals surface area contributed by atoms with Crippen LogP contribution in [0.1, 0.15) is 361 Å². The standard InChI is InChI=1S/C64H125NO5/c1-3-5-7-9-11-13-15-17-18-19-20-21-22-23-24-27-30-33-36-40-44-48-52-56-62(67)61(60-66)65-63(68)57-53-49-45-41-37-34-31-28-25-26-29-32-35-39-43-47-51-55-59-70-64(69)58-54-50-46-42-38-16-14-12-10-8-6-4-2/h52,56,61-62,66-67H,3-51,53-55,57-60H2,1-2H3,(H,65,68)/b56-52+. The Balaban J connectivity index is 3.43. The Kier molecular flexibility index (Phi) is 59.0. The third kappa shape index (κ3) is 55.9. The van der Waals surface area contributed by atoms with Crippen LogP contribution in [-0.4, -0.2) is 47.4 Å². The fraction of sp³-hybridized carbons (Fsp3) is 0.938. The summed E-state index contributed by atoms with van der Waals surface area (Å²) in [5.41, 5.74) is 0. The maximum Gasteiger partial charge on any atom is 0.305 e. The topological polar surface area (TPSA) is 95.9 Å². The van der Waals surface area contributed by atoms with Gasteiger partial charge in [0.1, 0.15) is 0 Å². The van der Waals surface area contributed by atoms with Gasteiger partial charge in [-0.25, -0.2) is 0 Å². The second-order valence-corrected chi connectivity index (χ2v) is 22.1. The molecule has 0 aromatic carbocycles. The monoisotopic (exact) mass is 988 g/mol. The van der Waals surface area contributed by atoms with Gasteiger partial charge >= 0.3 is 5.97 Å². The third-order valence-corrected chi connectivity index (χ3v) is 15.1. The van der Waals surface area contributed by atoms with E-state index in [1.807, 2.05) is 6.08 Å². The number of hydrogen-bond donors (Lipinski definition) is 3. The summed E-state index contributed by atoms with van der Waals surface area (Å²) in [5, 5.41) is 23.2. The first kappa shape index (κ1) is 68.6. The van der Waals surface area contributed by atoms with E-state index in [4.69, 9.17) is 4.74 Å². The van der Waals surface area contributed by atoms with Crippen LogP contribution in [0.5, 0.6) is 0 Å². The van der Waals surface area contributed by atoms with E-state index in [1.165, 1.54) is 295 Å². The fourth-order valence-corrected chi connectivity index (χ4v) is 10.2. The predicted molar refractivity (Wildman–Crippen MR) is 306 cm³/mol. The molecule has 0 aromatic heterocycles. The normalized spacial score (nSPS) is 12.6. The molecule has 2 unspecified atom stereocenters. The zero-order chi connectivity index (χ0) is 50.7. The average molecular weight is 989 g/mol. The van der Waals surface area contributed by atoms with Gasteiger partial charge < -0.3 is 20.3 Å². The van der Waals surface area contributed by atoms with Crippen molar-refractivity contribution in [2.24, 2.45) is 0 Å². The first-order valence-corrected chi connectivity index (χ1v) is 32.0. The smallest absolute Gasteiger partial charge is 0.305 e. The summed E-state index contributed by atoms with van der Waals surface area (Å²) in [5.74, 6) is -0.0595. The number of ether oxygens (including phenoxy) is 1. The molecule has 0 bridgehead atoms. The Morgan fingerprint density at radius 2 is 0.657 bits per heavy atom. The third-order valence-electron chi connectivity index (χ3n) is 15.1. The minimum atomic E-state index is -0.847. The van der Waals surface area contributed by atoms with Crippen LogP contribution >= 0.6 is 0 Å². The van der Waals surface area contributed by atoms with Crippen molar-refractivity contribution in [3.63, 3.8) is 0 Å². The number of aliphatic hydroxyl groups is 2. The van der Waals surface area contributed by atoms with Crippen molar-refractivity contribution in [3.8, 4) is 0 Å². The molecule has 2 atom stereocenters. The van der Waals surface area contributed by atoms with E-state index in [1.54, 1.807) is 6.08 Å². The summed E-state index contributed by atoms with van der Waals surface area (Å²) >= 11 is 0. The number of carbonyl (C=O) groups excluding carboxylic acids is 2. The zero-order valence-electron chi connectivity index (χ0n) is 47.5. The number of amides is 1. The maximum atomic E-state index is 12.5. The summed E-state index contributed by atoms with van der Waals surface area (Å²) in [6.07, 6.45) is 72.5. The SMILES string of the molecule is CCCCCCCCCCCCCCCCCCCCCCC/C=C/C(O)C(CO)NC(=O)CCCCCCCCCCCCCCCCCCCCOC(=O)CCCCCCCCCCCCCC. The van der Waals surface area contributed by atoms with Crippen molar-refractivity contribution in [1.82, 2.24) is 5.32 Å². The number of allylic oxidation sites excluding steroid dienone is 1. The van der Waals surface area contributed by atoms with Gasteiger partial charge in [-0.1, -0.05) is 328 Å². The minimum absolute atomic E-state index is 0.00815. The van der Waals surface area contributed by atoms with Crippen LogP contribution in [0.15, 0.2) is 12.2 Å². The number of aliphatic hydroxyl groups excluding tert-OH is 2. The van der Waals surface area contributed by atoms with E-state index in [9.17, 15) is 19.8 Å². The van der Waals surface area contributed by atoms with Crippen LogP contribution in [0.4, 0.5) is 0 Å². The molecule has 0 fully saturated rings. The highest BCUT2D eigenvalue weighted by Gasteiger charge is 2.18. The van der Waals surface area contributed by atoms with Crippen molar-refractivity contribution in [2.45, 2.75) is 373 Å². The zero-order valence-corrected chi connectivity index (χ0v) is 47.5. The van der Waals surface area contributed by atoms with Crippen molar-refractivity contribution in [2.75, 3.05) is 13.2 Å². The van der Waals surface area contributed by atoms with Gasteiger partial charge in [0.25, 0.3) is 0 Å². The van der Waals surface area contributed by atoms with E-state index in [2.05, 4.69) is 19.2 Å². The first-order chi connectivity index (χ1) is 34.5. The molecule has 0 radical (unpaired) electrons. The van der Waals surface area contributed by atoms with E-state index in [0.29, 0.717) is 19.4 Å². The maximum absolute atomic E-state index is 12.5. The molecule has 0 heterocycles. The average Bonchev–Trinajstić information content (AvgIpc) is 3.36. The largest absolute Gasteiger partial charge is 0.466 e. The van der Waals surface area contributed by atoms with Crippen LogP contribution in [0.25, 0.3) is 0 Å². The molecule has 0 saturated heterocycles. The van der Waals surface area contributed by atoms with Crippen LogP contribution in [0.3, 0.4) is 0 Å². The first-order valence-electron chi connectivity index (χ1n) is 32.0. The lowest BCUT2D eigenvalue weighted by Gasteiger charge is -2.20. The van der Waals surface area contributed by atoms with Gasteiger partial charge in [0.15, 0.2) is 0 Å². The molecule has 0 rings (SSSR count). The molecule has 6 heteroatoms. The second-order valence-electron chi connectivity index (χ2n) is 22.1. The molecule has 6 nitrogen and oxygen atoms in total. The van der Waals surface area contributed by atoms with Crippen molar-refractivity contribution >= 4 is 11.9 Å². The molecule has 0 aromatic rings. The summed E-state index contributed by atoms with van der Waals surface area (Å²) in [6.45, 7) is 4.93. The van der Waals surface area contributed by atoms with Crippen molar-refractivity contribution in [1.29, 1.82) is 0 Å². The molecule has 1 amide bonds. The van der Waals surface area contributed by atoms with E-state index in [0.717, 1.165) is 38.5 Å². The molecule has 0 aliphatic rings. The van der Waals surface area contributed by atoms with Crippen LogP contribution in [0, 0.1) is 0 Å². The number of nitrogens with one attached hydrogen (secondary N) is 1. The molecular formula is C64H125NO5. The number of hydrogen-bond acceptors (Lipinski definition) is 5. The highest BCUT2D eigenvalue weighted by Crippen LogP contribution is 2.18. The lowest BCUT2D eigenvalue weighted by atomic mass is 10.0. The molecule has 0 aliphatic carbocycles. The van der Waals surface area contributed by atoms with Gasteiger partial charge in [-0.15, -0.1) is 0 Å². The van der Waals surface area contributed by atoms with Gasteiger partial charge in [-0.05, 0) is 32.1 Å². The lowest BCUT2D eigenvalue weighted by molar-refractivity contribution is -0.143. The Bertz CT molecular complexity index is 1050. The highest BCUT2D eigenvalue weighted by molar-refractivity contribution is 5.76. The minimum Gasteiger partial charge on any atom is -0.466 e. The molecule has 0 aliphatic heterocycles. The number of carbonyl (C=O) groups is 2. The Morgan fingerprint density at radius 1 is 0.386 bits per heavy atom. The summed E-state index contributed by atoms with van der Waals surface area (Å²) in [4.78, 5) is 24.5. The summed E-state index contributed by atoms with van der Waals surface area (Å²) in [6, 6.07) is -0.631. The van der Waals surface area contributed by atoms with Gasteiger partial charge in [-0.2, -0.15) is 0 Å². The van der Waals surface area contributed by atoms with Crippen molar-refractivity contribution in [3.05, 3.63) is 12.2 Å². The van der Waals surface area contributed by atoms with E-state index in [-0.39, 0.29) is 18.5 Å². The highest BCUT2D eigenvalue weighted by atomic mass is 16.5. The lowest BCUT2D eigenvalue weighted by Crippen LogP contribution is -2.45. The van der Waals surface area contributed by atoms with Gasteiger partial charge in [-0.3, -0.25) is 9.59 Å². The van der Waals surface area contributed by atoms with E-state index < -0.39 is 12.1 Å². The Hall–Kier alpha value is -1.40. The summed E-state index contributed by atoms with van der Waals surface area (Å²) < 4.78 is 5.47. The van der Waals surface area contributed by atoms with Crippen LogP contribution < -0.4 is 5.32 Å². The van der Waals surface area contributed by atoms with E-state index >= 15 is 0 Å². The predicted octanol–water partition coefficient (Wildman–Crippen LogP) is 20.0. The quantitative estimate of drug-likeness (QED) is 0.0321. The fourth-order valence-electron chi connectivity index (χ4n) is 10.2. The molecule has 0 spiro atoms. The molecule has 0 saturated carbocycles. The van der Waals surface area contributed by atoms with Gasteiger partial charge in [0, 0.05) is 12.8 Å². The molecule has 3 N–H and O–H groups in total. The van der Waals surface area contributed by atoms with Crippen molar-refractivity contribution < 1.29 is 24.5 Å².